The van der Waals surface area contributed by atoms with Crippen LogP contribution in [-0.2, 0) is 4.79 Å². The van der Waals surface area contributed by atoms with Crippen molar-refractivity contribution in [2.45, 2.75) is 46.1 Å². The molecule has 17 heavy (non-hydrogen) atoms. The van der Waals surface area contributed by atoms with Gasteiger partial charge in [-0.05, 0) is 32.1 Å². The third-order valence-electron chi connectivity index (χ3n) is 3.64. The van der Waals surface area contributed by atoms with E-state index in [9.17, 15) is 9.59 Å². The van der Waals surface area contributed by atoms with Crippen LogP contribution in [0.4, 0.5) is 4.79 Å². The number of amides is 2. The highest BCUT2D eigenvalue weighted by atomic mass is 16.4. The van der Waals surface area contributed by atoms with Crippen molar-refractivity contribution >= 4 is 12.0 Å². The number of hydrogen-bond acceptors (Lipinski definition) is 2. The van der Waals surface area contributed by atoms with Gasteiger partial charge in [-0.25, -0.2) is 4.79 Å². The van der Waals surface area contributed by atoms with E-state index in [1.165, 1.54) is 0 Å². The van der Waals surface area contributed by atoms with E-state index >= 15 is 0 Å². The number of aliphatic carboxylic acids is 1. The normalized spacial score (nSPS) is 26.5. The first-order valence-electron chi connectivity index (χ1n) is 6.15. The molecule has 5 nitrogen and oxygen atoms in total. The second-order valence-corrected chi connectivity index (χ2v) is 5.32. The molecule has 5 heteroatoms. The number of rotatable bonds is 5. The van der Waals surface area contributed by atoms with Gasteiger partial charge in [-0.2, -0.15) is 0 Å². The van der Waals surface area contributed by atoms with Gasteiger partial charge in [0.25, 0.3) is 0 Å². The Morgan fingerprint density at radius 3 is 2.41 bits per heavy atom. The van der Waals surface area contributed by atoms with Crippen molar-refractivity contribution in [2.24, 2.45) is 11.3 Å². The lowest BCUT2D eigenvalue weighted by Crippen LogP contribution is -2.50. The molecule has 0 aromatic carbocycles. The summed E-state index contributed by atoms with van der Waals surface area (Å²) in [5.74, 6) is -0.196. The number of carboxylic acids is 1. The summed E-state index contributed by atoms with van der Waals surface area (Å²) in [6.45, 7) is 5.75. The summed E-state index contributed by atoms with van der Waals surface area (Å²) in [5, 5.41) is 14.5. The molecule has 0 aromatic rings. The van der Waals surface area contributed by atoms with Crippen LogP contribution >= 0.6 is 0 Å². The van der Waals surface area contributed by atoms with Gasteiger partial charge in [0.05, 0.1) is 5.41 Å². The fraction of sp³-hybridized carbons (Fsp3) is 0.833. The maximum Gasteiger partial charge on any atom is 0.315 e. The van der Waals surface area contributed by atoms with Crippen LogP contribution in [0.3, 0.4) is 0 Å². The first-order valence-corrected chi connectivity index (χ1v) is 6.15. The van der Waals surface area contributed by atoms with E-state index in [0.717, 1.165) is 12.8 Å². The zero-order valence-electron chi connectivity index (χ0n) is 10.7. The van der Waals surface area contributed by atoms with Gasteiger partial charge in [-0.1, -0.05) is 13.8 Å². The third kappa shape index (κ3) is 3.61. The van der Waals surface area contributed by atoms with Crippen LogP contribution in [0, 0.1) is 11.3 Å². The molecule has 1 fully saturated rings. The number of carbonyl (C=O) groups is 2. The fourth-order valence-corrected chi connectivity index (χ4v) is 1.88. The molecular formula is C12H22N2O3. The summed E-state index contributed by atoms with van der Waals surface area (Å²) in [7, 11) is 0. The number of hydrogen-bond donors (Lipinski definition) is 3. The van der Waals surface area contributed by atoms with Crippen molar-refractivity contribution < 1.29 is 14.7 Å². The van der Waals surface area contributed by atoms with E-state index in [1.807, 2.05) is 0 Å². The molecule has 3 N–H and O–H groups in total. The Labute approximate surface area is 102 Å². The van der Waals surface area contributed by atoms with Crippen molar-refractivity contribution in [1.82, 2.24) is 10.6 Å². The lowest BCUT2D eigenvalue weighted by molar-refractivity contribution is -0.147. The van der Waals surface area contributed by atoms with Gasteiger partial charge in [0.1, 0.15) is 0 Å². The zero-order chi connectivity index (χ0) is 13.1. The minimum absolute atomic E-state index is 0.160. The first kappa shape index (κ1) is 13.8. The van der Waals surface area contributed by atoms with Crippen LogP contribution in [0.25, 0.3) is 0 Å². The van der Waals surface area contributed by atoms with E-state index < -0.39 is 11.4 Å². The standard InChI is InChI=1S/C12H22N2O3/c1-4-12(3,10(15)16)7-13-11(17)14-9-5-8(2)6-9/h8-9H,4-7H2,1-3H3,(H,15,16)(H2,13,14,17). The number of nitrogens with one attached hydrogen (secondary N) is 2. The maximum atomic E-state index is 11.5. The van der Waals surface area contributed by atoms with Crippen molar-refractivity contribution in [3.05, 3.63) is 0 Å². The Morgan fingerprint density at radius 2 is 2.00 bits per heavy atom. The molecule has 1 atom stereocenters. The van der Waals surface area contributed by atoms with Gasteiger partial charge >= 0.3 is 12.0 Å². The maximum absolute atomic E-state index is 11.5. The lowest BCUT2D eigenvalue weighted by atomic mass is 9.82. The Hall–Kier alpha value is -1.26. The molecule has 0 heterocycles. The van der Waals surface area contributed by atoms with Crippen LogP contribution in [0.15, 0.2) is 0 Å². The fourth-order valence-electron chi connectivity index (χ4n) is 1.88. The average Bonchev–Trinajstić information content (AvgIpc) is 2.23. The van der Waals surface area contributed by atoms with E-state index in [1.54, 1.807) is 13.8 Å². The monoisotopic (exact) mass is 242 g/mol. The molecule has 0 bridgehead atoms. The van der Waals surface area contributed by atoms with Gasteiger partial charge in [0, 0.05) is 12.6 Å². The molecule has 1 saturated carbocycles. The van der Waals surface area contributed by atoms with Crippen molar-refractivity contribution in [2.75, 3.05) is 6.54 Å². The summed E-state index contributed by atoms with van der Waals surface area (Å²) in [6.07, 6.45) is 2.51. The predicted octanol–water partition coefficient (Wildman–Crippen LogP) is 1.58. The second kappa shape index (κ2) is 5.38. The van der Waals surface area contributed by atoms with Gasteiger partial charge in [-0.15, -0.1) is 0 Å². The summed E-state index contributed by atoms with van der Waals surface area (Å²) >= 11 is 0. The van der Waals surface area contributed by atoms with E-state index in [0.29, 0.717) is 12.3 Å². The Balaban J connectivity index is 2.29. The van der Waals surface area contributed by atoms with Gasteiger partial charge in [0.15, 0.2) is 0 Å². The van der Waals surface area contributed by atoms with Gasteiger partial charge in [-0.3, -0.25) is 4.79 Å². The summed E-state index contributed by atoms with van der Waals surface area (Å²) in [4.78, 5) is 22.5. The third-order valence-corrected chi connectivity index (χ3v) is 3.64. The number of urea groups is 1. The minimum atomic E-state index is -0.885. The largest absolute Gasteiger partial charge is 0.481 e. The summed E-state index contributed by atoms with van der Waals surface area (Å²) in [6, 6.07) is -0.00876. The van der Waals surface area contributed by atoms with E-state index in [2.05, 4.69) is 17.6 Å². The quantitative estimate of drug-likeness (QED) is 0.685. The molecule has 1 aliphatic rings. The molecule has 1 aliphatic carbocycles. The first-order chi connectivity index (χ1) is 7.87. The van der Waals surface area contributed by atoms with Gasteiger partial charge < -0.3 is 15.7 Å². The average molecular weight is 242 g/mol. The van der Waals surface area contributed by atoms with Crippen molar-refractivity contribution in [1.29, 1.82) is 0 Å². The Morgan fingerprint density at radius 1 is 1.41 bits per heavy atom. The lowest BCUT2D eigenvalue weighted by Gasteiger charge is -2.33. The molecule has 0 aromatic heterocycles. The van der Waals surface area contributed by atoms with Crippen LogP contribution < -0.4 is 10.6 Å². The molecule has 1 unspecified atom stereocenters. The molecule has 0 aliphatic heterocycles. The molecule has 1 rings (SSSR count). The van der Waals surface area contributed by atoms with Crippen molar-refractivity contribution in [3.63, 3.8) is 0 Å². The van der Waals surface area contributed by atoms with E-state index in [4.69, 9.17) is 5.11 Å². The summed E-state index contributed by atoms with van der Waals surface area (Å²) in [5.41, 5.74) is -0.885. The van der Waals surface area contributed by atoms with E-state index in [-0.39, 0.29) is 18.6 Å². The van der Waals surface area contributed by atoms with Crippen LogP contribution in [-0.4, -0.2) is 29.7 Å². The minimum Gasteiger partial charge on any atom is -0.481 e. The topological polar surface area (TPSA) is 78.4 Å². The highest BCUT2D eigenvalue weighted by Crippen LogP contribution is 2.26. The summed E-state index contributed by atoms with van der Waals surface area (Å²) < 4.78 is 0. The SMILES string of the molecule is CCC(C)(CNC(=O)NC1CC(C)C1)C(=O)O. The zero-order valence-corrected chi connectivity index (χ0v) is 10.7. The van der Waals surface area contributed by atoms with Crippen LogP contribution in [0.1, 0.15) is 40.0 Å². The Bertz CT molecular complexity index is 300. The molecule has 0 radical (unpaired) electrons. The highest BCUT2D eigenvalue weighted by molar-refractivity contribution is 5.78. The number of carboxylic acid groups (broad SMARTS) is 1. The van der Waals surface area contributed by atoms with Crippen molar-refractivity contribution in [3.8, 4) is 0 Å². The number of carbonyl (C=O) groups excluding carboxylic acids is 1. The molecule has 0 spiro atoms. The van der Waals surface area contributed by atoms with Gasteiger partial charge in [0.2, 0.25) is 0 Å². The smallest absolute Gasteiger partial charge is 0.315 e. The molecule has 98 valence electrons. The second-order valence-electron chi connectivity index (χ2n) is 5.32. The predicted molar refractivity (Wildman–Crippen MR) is 64.8 cm³/mol. The Kier molecular flexibility index (Phi) is 4.37. The van der Waals surface area contributed by atoms with Crippen LogP contribution in [0.2, 0.25) is 0 Å². The molecule has 0 saturated heterocycles. The molecule has 2 amide bonds. The van der Waals surface area contributed by atoms with Crippen LogP contribution in [0.5, 0.6) is 0 Å². The molecular weight excluding hydrogens is 220 g/mol. The highest BCUT2D eigenvalue weighted by Gasteiger charge is 2.32.